The lowest BCUT2D eigenvalue weighted by Crippen LogP contribution is -2.29. The number of hydrogen-bond acceptors (Lipinski definition) is 4. The Balaban J connectivity index is 2.30. The molecule has 1 atom stereocenters. The zero-order chi connectivity index (χ0) is 10.8. The van der Waals surface area contributed by atoms with Gasteiger partial charge in [0.25, 0.3) is 0 Å². The van der Waals surface area contributed by atoms with Gasteiger partial charge in [-0.3, -0.25) is 4.99 Å². The van der Waals surface area contributed by atoms with E-state index in [0.717, 1.165) is 15.8 Å². The van der Waals surface area contributed by atoms with E-state index in [1.165, 1.54) is 0 Å². The predicted molar refractivity (Wildman–Crippen MR) is 63.1 cm³/mol. The van der Waals surface area contributed by atoms with Crippen molar-refractivity contribution in [3.63, 3.8) is 0 Å². The van der Waals surface area contributed by atoms with Crippen molar-refractivity contribution < 1.29 is 4.74 Å². The van der Waals surface area contributed by atoms with Crippen LogP contribution in [-0.4, -0.2) is 19.6 Å². The Morgan fingerprint density at radius 3 is 3.00 bits per heavy atom. The van der Waals surface area contributed by atoms with Gasteiger partial charge in [0.1, 0.15) is 5.75 Å². The second kappa shape index (κ2) is 4.10. The van der Waals surface area contributed by atoms with E-state index in [4.69, 9.17) is 10.5 Å². The number of nitrogens with two attached hydrogens (primary N) is 1. The fourth-order valence-electron chi connectivity index (χ4n) is 1.61. The van der Waals surface area contributed by atoms with Crippen molar-refractivity contribution in [2.75, 3.05) is 13.7 Å². The summed E-state index contributed by atoms with van der Waals surface area (Å²) < 4.78 is 6.31. The summed E-state index contributed by atoms with van der Waals surface area (Å²) in [6, 6.07) is 6.00. The summed E-state index contributed by atoms with van der Waals surface area (Å²) in [4.78, 5) is 4.11. The molecule has 1 aliphatic heterocycles. The molecule has 0 spiro atoms. The van der Waals surface area contributed by atoms with E-state index in [0.29, 0.717) is 12.5 Å². The van der Waals surface area contributed by atoms with Crippen LogP contribution < -0.4 is 15.8 Å². The van der Waals surface area contributed by atoms with Crippen LogP contribution in [0.4, 0.5) is 0 Å². The van der Waals surface area contributed by atoms with E-state index in [2.05, 4.69) is 26.2 Å². The Labute approximate surface area is 96.7 Å². The zero-order valence-electron chi connectivity index (χ0n) is 8.33. The van der Waals surface area contributed by atoms with Crippen LogP contribution >= 0.6 is 15.9 Å². The summed E-state index contributed by atoms with van der Waals surface area (Å²) in [6.07, 6.45) is 0. The highest BCUT2D eigenvalue weighted by atomic mass is 79.9. The number of methoxy groups -OCH3 is 1. The van der Waals surface area contributed by atoms with E-state index in [9.17, 15) is 0 Å². The molecule has 0 aromatic heterocycles. The molecule has 0 radical (unpaired) electrons. The van der Waals surface area contributed by atoms with Gasteiger partial charge in [-0.2, -0.15) is 0 Å². The second-order valence-corrected chi connectivity index (χ2v) is 4.22. The Morgan fingerprint density at radius 2 is 2.40 bits per heavy atom. The van der Waals surface area contributed by atoms with Crippen molar-refractivity contribution in [2.24, 2.45) is 10.7 Å². The molecule has 0 bridgehead atoms. The minimum absolute atomic E-state index is 0.109. The molecule has 15 heavy (non-hydrogen) atoms. The van der Waals surface area contributed by atoms with E-state index in [1.54, 1.807) is 7.11 Å². The molecule has 3 N–H and O–H groups in total. The van der Waals surface area contributed by atoms with Crippen molar-refractivity contribution in [3.8, 4) is 5.75 Å². The highest BCUT2D eigenvalue weighted by molar-refractivity contribution is 9.10. The van der Waals surface area contributed by atoms with Crippen LogP contribution in [0, 0.1) is 0 Å². The van der Waals surface area contributed by atoms with Gasteiger partial charge in [-0.25, -0.2) is 0 Å². The second-order valence-electron chi connectivity index (χ2n) is 3.31. The number of rotatable bonds is 2. The van der Waals surface area contributed by atoms with Crippen LogP contribution in [0.2, 0.25) is 0 Å². The van der Waals surface area contributed by atoms with Crippen molar-refractivity contribution in [3.05, 3.63) is 28.2 Å². The van der Waals surface area contributed by atoms with E-state index in [1.807, 2.05) is 18.2 Å². The van der Waals surface area contributed by atoms with Gasteiger partial charge in [0.05, 0.1) is 19.7 Å². The molecule has 1 aromatic rings. The fraction of sp³-hybridized carbons (Fsp3) is 0.300. The summed E-state index contributed by atoms with van der Waals surface area (Å²) in [5.74, 6) is 1.34. The number of nitrogens with zero attached hydrogens (tertiary/aromatic N) is 1. The molecule has 0 saturated heterocycles. The third-order valence-corrected chi connectivity index (χ3v) is 2.83. The van der Waals surface area contributed by atoms with E-state index < -0.39 is 0 Å². The lowest BCUT2D eigenvalue weighted by molar-refractivity contribution is 0.405. The monoisotopic (exact) mass is 269 g/mol. The average molecular weight is 270 g/mol. The Kier molecular flexibility index (Phi) is 2.81. The SMILES string of the molecule is COc1ccc(Br)cc1C1CN=C(N)N1. The highest BCUT2D eigenvalue weighted by Gasteiger charge is 2.20. The van der Waals surface area contributed by atoms with Gasteiger partial charge >= 0.3 is 0 Å². The minimum Gasteiger partial charge on any atom is -0.496 e. The average Bonchev–Trinajstić information content (AvgIpc) is 2.65. The van der Waals surface area contributed by atoms with Gasteiger partial charge in [0.15, 0.2) is 5.96 Å². The third kappa shape index (κ3) is 2.07. The topological polar surface area (TPSA) is 59.6 Å². The molecule has 0 saturated carbocycles. The molecule has 4 nitrogen and oxygen atoms in total. The molecule has 5 heteroatoms. The fourth-order valence-corrected chi connectivity index (χ4v) is 1.99. The van der Waals surface area contributed by atoms with Gasteiger partial charge in [-0.1, -0.05) is 15.9 Å². The molecule has 1 aliphatic rings. The molecule has 1 heterocycles. The summed E-state index contributed by atoms with van der Waals surface area (Å²) in [7, 11) is 1.66. The molecule has 2 rings (SSSR count). The minimum atomic E-state index is 0.109. The van der Waals surface area contributed by atoms with Crippen LogP contribution in [0.15, 0.2) is 27.7 Å². The quantitative estimate of drug-likeness (QED) is 0.854. The maximum atomic E-state index is 5.58. The first kappa shape index (κ1) is 10.3. The largest absolute Gasteiger partial charge is 0.496 e. The van der Waals surface area contributed by atoms with Crippen molar-refractivity contribution in [1.29, 1.82) is 0 Å². The molecular formula is C10H12BrN3O. The normalized spacial score (nSPS) is 19.6. The highest BCUT2D eigenvalue weighted by Crippen LogP contribution is 2.29. The first-order valence-corrected chi connectivity index (χ1v) is 5.40. The molecule has 0 fully saturated rings. The Bertz CT molecular complexity index is 406. The summed E-state index contributed by atoms with van der Waals surface area (Å²) >= 11 is 3.44. The number of hydrogen-bond donors (Lipinski definition) is 2. The first-order chi connectivity index (χ1) is 7.20. The zero-order valence-corrected chi connectivity index (χ0v) is 9.91. The number of benzene rings is 1. The van der Waals surface area contributed by atoms with Crippen LogP contribution in [0.1, 0.15) is 11.6 Å². The summed E-state index contributed by atoms with van der Waals surface area (Å²) in [6.45, 7) is 0.651. The van der Waals surface area contributed by atoms with Gasteiger partial charge in [-0.15, -0.1) is 0 Å². The molecule has 1 unspecified atom stereocenters. The van der Waals surface area contributed by atoms with Crippen molar-refractivity contribution in [2.45, 2.75) is 6.04 Å². The predicted octanol–water partition coefficient (Wildman–Crippen LogP) is 1.42. The molecule has 0 amide bonds. The molecule has 1 aromatic carbocycles. The van der Waals surface area contributed by atoms with Crippen LogP contribution in [-0.2, 0) is 0 Å². The van der Waals surface area contributed by atoms with Crippen molar-refractivity contribution in [1.82, 2.24) is 5.32 Å². The number of ether oxygens (including phenoxy) is 1. The molecule has 80 valence electrons. The molecule has 0 aliphatic carbocycles. The first-order valence-electron chi connectivity index (χ1n) is 4.60. The maximum Gasteiger partial charge on any atom is 0.189 e. The van der Waals surface area contributed by atoms with E-state index in [-0.39, 0.29) is 6.04 Å². The van der Waals surface area contributed by atoms with Gasteiger partial charge in [0, 0.05) is 10.0 Å². The molecular weight excluding hydrogens is 258 g/mol. The number of aliphatic imine (C=N–C) groups is 1. The van der Waals surface area contributed by atoms with Crippen LogP contribution in [0.25, 0.3) is 0 Å². The smallest absolute Gasteiger partial charge is 0.189 e. The Morgan fingerprint density at radius 1 is 1.60 bits per heavy atom. The van der Waals surface area contributed by atoms with Gasteiger partial charge < -0.3 is 15.8 Å². The lowest BCUT2D eigenvalue weighted by atomic mass is 10.1. The number of halogens is 1. The third-order valence-electron chi connectivity index (χ3n) is 2.33. The van der Waals surface area contributed by atoms with Crippen molar-refractivity contribution >= 4 is 21.9 Å². The Hall–Kier alpha value is -1.23. The lowest BCUT2D eigenvalue weighted by Gasteiger charge is -2.15. The van der Waals surface area contributed by atoms with Gasteiger partial charge in [-0.05, 0) is 18.2 Å². The van der Waals surface area contributed by atoms with Gasteiger partial charge in [0.2, 0.25) is 0 Å². The maximum absolute atomic E-state index is 5.58. The standard InChI is InChI=1S/C10H12BrN3O/c1-15-9-3-2-6(11)4-7(9)8-5-13-10(12)14-8/h2-4,8H,5H2,1H3,(H3,12,13,14). The summed E-state index contributed by atoms with van der Waals surface area (Å²) in [5, 5.41) is 3.10. The number of guanidine groups is 1. The van der Waals surface area contributed by atoms with E-state index >= 15 is 0 Å². The van der Waals surface area contributed by atoms with Crippen LogP contribution in [0.5, 0.6) is 5.75 Å². The summed E-state index contributed by atoms with van der Waals surface area (Å²) in [5.41, 5.74) is 6.64. The van der Waals surface area contributed by atoms with Crippen LogP contribution in [0.3, 0.4) is 0 Å². The number of nitrogens with one attached hydrogen (secondary N) is 1.